The van der Waals surface area contributed by atoms with Crippen LogP contribution < -0.4 is 26.6 Å². The quantitative estimate of drug-likeness (QED) is 0.0360. The van der Waals surface area contributed by atoms with Crippen LogP contribution in [-0.2, 0) is 79.7 Å². The smallest absolute Gasteiger partial charge is 0.347 e. The second kappa shape index (κ2) is 32.9. The molecule has 0 bridgehead atoms. The molecular formula is C64H92ClN5O17. The molecule has 0 aliphatic carbocycles. The first kappa shape index (κ1) is 71.6. The van der Waals surface area contributed by atoms with Crippen LogP contribution in [0.25, 0.3) is 0 Å². The predicted molar refractivity (Wildman–Crippen MR) is 321 cm³/mol. The number of benzene rings is 2. The van der Waals surface area contributed by atoms with E-state index in [0.29, 0.717) is 29.8 Å². The molecule has 0 spiro atoms. The molecular weight excluding hydrogens is 1150 g/mol. The number of aryl methyl sites for hydroxylation is 2. The molecule has 0 saturated carbocycles. The van der Waals surface area contributed by atoms with E-state index in [-0.39, 0.29) is 94.3 Å². The van der Waals surface area contributed by atoms with Crippen LogP contribution in [0.5, 0.6) is 0 Å². The maximum atomic E-state index is 14.2. The van der Waals surface area contributed by atoms with Gasteiger partial charge in [-0.2, -0.15) is 0 Å². The highest BCUT2D eigenvalue weighted by Gasteiger charge is 2.49. The summed E-state index contributed by atoms with van der Waals surface area (Å²) in [7, 11) is 2.72. The molecule has 2 aromatic rings. The van der Waals surface area contributed by atoms with E-state index in [2.05, 4.69) is 26.6 Å². The van der Waals surface area contributed by atoms with Crippen molar-refractivity contribution in [3.8, 4) is 0 Å². The van der Waals surface area contributed by atoms with E-state index in [0.717, 1.165) is 16.7 Å². The zero-order chi connectivity index (χ0) is 64.5. The Morgan fingerprint density at radius 2 is 1.53 bits per heavy atom. The van der Waals surface area contributed by atoms with Crippen molar-refractivity contribution < 1.29 is 82.2 Å². The van der Waals surface area contributed by atoms with Crippen molar-refractivity contribution in [2.75, 3.05) is 27.2 Å². The molecule has 8 N–H and O–H groups in total. The molecule has 3 aliphatic rings. The van der Waals surface area contributed by atoms with Crippen molar-refractivity contribution >= 4 is 64.6 Å². The lowest BCUT2D eigenvalue weighted by molar-refractivity contribution is -0.283. The number of hydrogen-bond acceptors (Lipinski definition) is 17. The molecule has 13 atom stereocenters. The average molecular weight is 1240 g/mol. The summed E-state index contributed by atoms with van der Waals surface area (Å²) < 4.78 is 28.8. The average Bonchev–Trinajstić information content (AvgIpc) is 2.07. The minimum atomic E-state index is -1.72. The molecule has 22 nitrogen and oxygen atoms in total. The molecule has 0 aromatic heterocycles. The van der Waals surface area contributed by atoms with E-state index in [9.17, 15) is 58.5 Å². The number of epoxide rings is 1. The predicted octanol–water partition coefficient (Wildman–Crippen LogP) is 4.69. The number of Topliss-reactive ketones (excluding diaryl/α,β-unsaturated/α-hetero) is 2. The van der Waals surface area contributed by atoms with Gasteiger partial charge in [-0.05, 0) is 92.2 Å². The van der Waals surface area contributed by atoms with Crippen LogP contribution >= 0.6 is 11.6 Å². The summed E-state index contributed by atoms with van der Waals surface area (Å²) in [6.07, 6.45) is -5.97. The second-order valence-electron chi connectivity index (χ2n) is 25.4. The summed E-state index contributed by atoms with van der Waals surface area (Å²) in [5.41, 5.74) is 1.42. The minimum Gasteiger partial charge on any atom is -0.459 e. The van der Waals surface area contributed by atoms with Crippen LogP contribution in [0.1, 0.15) is 148 Å². The Hall–Kier alpha value is -6.14. The lowest BCUT2D eigenvalue weighted by Crippen LogP contribution is -2.61. The number of esters is 2. The first-order chi connectivity index (χ1) is 40.9. The van der Waals surface area contributed by atoms with Crippen molar-refractivity contribution in [2.45, 2.75) is 207 Å². The van der Waals surface area contributed by atoms with Gasteiger partial charge < -0.3 is 65.6 Å². The van der Waals surface area contributed by atoms with E-state index in [1.54, 1.807) is 39.8 Å². The van der Waals surface area contributed by atoms with E-state index in [1.807, 2.05) is 71.0 Å². The van der Waals surface area contributed by atoms with Gasteiger partial charge in [-0.25, -0.2) is 4.79 Å². The van der Waals surface area contributed by atoms with Gasteiger partial charge in [0, 0.05) is 89.1 Å². The van der Waals surface area contributed by atoms with Crippen LogP contribution in [0.4, 0.5) is 0 Å². The molecule has 482 valence electrons. The van der Waals surface area contributed by atoms with Gasteiger partial charge in [0.05, 0.1) is 17.6 Å². The maximum Gasteiger partial charge on any atom is 0.347 e. The summed E-state index contributed by atoms with van der Waals surface area (Å²) in [6, 6.07) is 11.0. The number of ketones is 2. The van der Waals surface area contributed by atoms with Crippen molar-refractivity contribution in [3.63, 3.8) is 0 Å². The van der Waals surface area contributed by atoms with Crippen molar-refractivity contribution in [1.29, 1.82) is 0 Å². The van der Waals surface area contributed by atoms with Crippen LogP contribution in [0.2, 0.25) is 5.02 Å². The van der Waals surface area contributed by atoms with Gasteiger partial charge in [-0.1, -0.05) is 102 Å². The number of carbonyl (C=O) groups excluding carboxylic acids is 9. The number of halogens is 1. The Kier molecular flexibility index (Phi) is 27.1. The molecule has 5 amide bonds. The Bertz CT molecular complexity index is 2750. The standard InChI is InChI=1S/C64H92ClN5O17/c1-35(2)51(70-50(75)20-15-18-48(73)66-10)45(72)32-41(16-12-13-29-67-59(80)57-53(77)52(76)54(78)61(83-11)87-57)44(71)28-25-38-23-26-40(27-24-38)56-55(86-56)37(4)46-17-14-19-49(74)69-43(31-39-22-21-36(3)42(65)30-39)58(79)68-34-64(8,9)62(82)85-47(60(81)84-46)33-63(5,6)7/h14,19,21-24,26-27,30,35,37,41,43,46-47,51-57,61,76-78H,12-13,15-18,20,25,28-29,31-34H2,1-11H3,(H,66,73)(H,67,80)(H,68,79)(H,69,74)(H,70,75)/b19-14+/t37-,41+,43+,46-,47-,51-,52-,53-,54+,55+,56+,57-,61+/m0/s1. The van der Waals surface area contributed by atoms with E-state index < -0.39 is 125 Å². The zero-order valence-electron chi connectivity index (χ0n) is 52.1. The van der Waals surface area contributed by atoms with Gasteiger partial charge in [0.1, 0.15) is 42.3 Å². The lowest BCUT2D eigenvalue weighted by atomic mass is 9.85. The second-order valence-corrected chi connectivity index (χ2v) is 25.8. The highest BCUT2D eigenvalue weighted by molar-refractivity contribution is 6.31. The summed E-state index contributed by atoms with van der Waals surface area (Å²) in [5.74, 6) is -5.94. The number of carbonyl (C=O) groups is 9. The lowest BCUT2D eigenvalue weighted by Gasteiger charge is -2.38. The largest absolute Gasteiger partial charge is 0.459 e. The number of nitrogens with one attached hydrogen (secondary N) is 5. The highest BCUT2D eigenvalue weighted by atomic mass is 35.5. The fourth-order valence-electron chi connectivity index (χ4n) is 10.4. The first-order valence-corrected chi connectivity index (χ1v) is 30.5. The van der Waals surface area contributed by atoms with E-state index >= 15 is 0 Å². The van der Waals surface area contributed by atoms with Gasteiger partial charge in [-0.3, -0.25) is 38.4 Å². The fraction of sp³-hybridized carbons (Fsp3) is 0.641. The van der Waals surface area contributed by atoms with Gasteiger partial charge in [0.25, 0.3) is 5.91 Å². The van der Waals surface area contributed by atoms with Gasteiger partial charge in [-0.15, -0.1) is 0 Å². The summed E-state index contributed by atoms with van der Waals surface area (Å²) >= 11 is 6.41. The Balaban J connectivity index is 1.28. The number of unbranched alkanes of at least 4 members (excludes halogenated alkanes) is 1. The van der Waals surface area contributed by atoms with Gasteiger partial charge in [0.2, 0.25) is 23.6 Å². The normalized spacial score (nSPS) is 26.0. The zero-order valence-corrected chi connectivity index (χ0v) is 52.9. The molecule has 23 heteroatoms. The van der Waals surface area contributed by atoms with Crippen LogP contribution in [0.3, 0.4) is 0 Å². The summed E-state index contributed by atoms with van der Waals surface area (Å²) in [4.78, 5) is 121. The molecule has 87 heavy (non-hydrogen) atoms. The summed E-state index contributed by atoms with van der Waals surface area (Å²) in [5, 5.41) is 44.8. The van der Waals surface area contributed by atoms with E-state index in [1.165, 1.54) is 20.2 Å². The Morgan fingerprint density at radius 1 is 0.851 bits per heavy atom. The molecule has 0 radical (unpaired) electrons. The van der Waals surface area contributed by atoms with Gasteiger partial charge >= 0.3 is 11.9 Å². The van der Waals surface area contributed by atoms with Crippen LogP contribution in [0, 0.1) is 35.5 Å². The van der Waals surface area contributed by atoms with Crippen molar-refractivity contribution in [2.24, 2.45) is 28.6 Å². The van der Waals surface area contributed by atoms with Crippen molar-refractivity contribution in [3.05, 3.63) is 81.9 Å². The maximum absolute atomic E-state index is 14.2. The number of aliphatic hydroxyl groups excluding tert-OH is 3. The SMILES string of the molecule is CNC(=O)CCCC(=O)N[C@H](C(=O)C[C@@H](CCCCNC(=O)[C@H]1O[C@@H](OC)[C@H](O)[C@@H](O)[C@@H]1O)C(=O)CCc1ccc([C@H]2O[C@@H]2[C@@H](C)[C@@H]2C/C=C/C(=O)N[C@H](Cc3ccc(C)c(Cl)c3)C(=O)NCC(C)(C)C(=O)O[C@@H](CC(C)(C)C)C(=O)O2)cc1)C(C)C. The van der Waals surface area contributed by atoms with E-state index in [4.69, 9.17) is 35.3 Å². The Labute approximate surface area is 515 Å². The topological polar surface area (TPSA) is 324 Å². The van der Waals surface area contributed by atoms with Gasteiger partial charge in [0.15, 0.2) is 24.3 Å². The Morgan fingerprint density at radius 3 is 2.17 bits per heavy atom. The van der Waals surface area contributed by atoms with Crippen LogP contribution in [-0.4, -0.2) is 157 Å². The number of cyclic esters (lactones) is 2. The van der Waals surface area contributed by atoms with Crippen LogP contribution in [0.15, 0.2) is 54.6 Å². The number of methoxy groups -OCH3 is 1. The number of aliphatic hydroxyl groups is 3. The molecule has 3 aliphatic heterocycles. The third kappa shape index (κ3) is 21.8. The third-order valence-corrected chi connectivity index (χ3v) is 16.4. The number of rotatable bonds is 26. The third-order valence-electron chi connectivity index (χ3n) is 16.0. The highest BCUT2D eigenvalue weighted by Crippen LogP contribution is 2.45. The first-order valence-electron chi connectivity index (χ1n) is 30.1. The monoisotopic (exact) mass is 1240 g/mol. The molecule has 2 saturated heterocycles. The molecule has 0 unspecified atom stereocenters. The van der Waals surface area contributed by atoms with Crippen molar-refractivity contribution in [1.82, 2.24) is 26.6 Å². The number of hydrogen-bond donors (Lipinski definition) is 8. The fourth-order valence-corrected chi connectivity index (χ4v) is 10.6. The molecule has 2 fully saturated rings. The number of ether oxygens (including phenoxy) is 5. The summed E-state index contributed by atoms with van der Waals surface area (Å²) in [6.45, 7) is 16.1. The molecule has 3 heterocycles. The number of amides is 5. The molecule has 5 rings (SSSR count). The molecule has 2 aromatic carbocycles. The minimum absolute atomic E-state index is 0.0294.